The lowest BCUT2D eigenvalue weighted by Crippen LogP contribution is -2.28. The van der Waals surface area contributed by atoms with Crippen molar-refractivity contribution in [2.24, 2.45) is 11.8 Å². The molecule has 1 aliphatic carbocycles. The first kappa shape index (κ1) is 12.3. The highest BCUT2D eigenvalue weighted by Gasteiger charge is 2.35. The lowest BCUT2D eigenvalue weighted by atomic mass is 9.86. The molecule has 0 aromatic heterocycles. The number of benzene rings is 1. The quantitative estimate of drug-likeness (QED) is 0.762. The average Bonchev–Trinajstić information content (AvgIpc) is 2.90. The van der Waals surface area contributed by atoms with Gasteiger partial charge in [-0.25, -0.2) is 0 Å². The Balaban J connectivity index is 1.70. The Kier molecular flexibility index (Phi) is 3.28. The summed E-state index contributed by atoms with van der Waals surface area (Å²) in [6, 6.07) is 7.39. The van der Waals surface area contributed by atoms with Crippen molar-refractivity contribution in [3.8, 4) is 5.75 Å². The van der Waals surface area contributed by atoms with Crippen LogP contribution in [0.3, 0.4) is 0 Å². The number of fused-ring (bicyclic) bond motifs is 1. The first-order chi connectivity index (χ1) is 9.28. The van der Waals surface area contributed by atoms with Gasteiger partial charge in [0.15, 0.2) is 0 Å². The second kappa shape index (κ2) is 5.08. The van der Waals surface area contributed by atoms with Crippen molar-refractivity contribution in [1.29, 1.82) is 0 Å². The van der Waals surface area contributed by atoms with Crippen LogP contribution in [0.4, 0.5) is 0 Å². The normalized spacial score (nSPS) is 25.2. The van der Waals surface area contributed by atoms with E-state index in [0.717, 1.165) is 37.2 Å². The standard InChI is InChI=1S/C16H19NO2/c1-19-15-8-6-12(7-9-15)16(18)17-10-13-4-2-3-5-14(13)11-17/h2-3,6-9,13-14H,4-5,10-11H2,1H3. The third kappa shape index (κ3) is 2.37. The molecular weight excluding hydrogens is 238 g/mol. The van der Waals surface area contributed by atoms with E-state index in [1.165, 1.54) is 0 Å². The minimum absolute atomic E-state index is 0.150. The van der Waals surface area contributed by atoms with Crippen LogP contribution in [0.25, 0.3) is 0 Å². The van der Waals surface area contributed by atoms with Gasteiger partial charge in [-0.2, -0.15) is 0 Å². The Bertz CT molecular complexity index is 476. The summed E-state index contributed by atoms with van der Waals surface area (Å²) in [5.41, 5.74) is 0.757. The average molecular weight is 257 g/mol. The van der Waals surface area contributed by atoms with Crippen LogP contribution >= 0.6 is 0 Å². The van der Waals surface area contributed by atoms with Crippen molar-refractivity contribution in [2.75, 3.05) is 20.2 Å². The summed E-state index contributed by atoms with van der Waals surface area (Å²) in [4.78, 5) is 14.5. The van der Waals surface area contributed by atoms with Crippen LogP contribution in [-0.4, -0.2) is 31.0 Å². The van der Waals surface area contributed by atoms with Crippen LogP contribution in [0, 0.1) is 11.8 Å². The number of hydrogen-bond donors (Lipinski definition) is 0. The number of ether oxygens (including phenoxy) is 1. The summed E-state index contributed by atoms with van der Waals surface area (Å²) in [6.07, 6.45) is 6.75. The fourth-order valence-corrected chi connectivity index (χ4v) is 3.10. The maximum Gasteiger partial charge on any atom is 0.253 e. The van der Waals surface area contributed by atoms with Crippen molar-refractivity contribution < 1.29 is 9.53 Å². The van der Waals surface area contributed by atoms with Crippen molar-refractivity contribution in [3.05, 3.63) is 42.0 Å². The van der Waals surface area contributed by atoms with E-state index in [-0.39, 0.29) is 5.91 Å². The van der Waals surface area contributed by atoms with Gasteiger partial charge in [0.2, 0.25) is 0 Å². The Hall–Kier alpha value is -1.77. The zero-order chi connectivity index (χ0) is 13.2. The summed E-state index contributed by atoms with van der Waals surface area (Å²) in [6.45, 7) is 1.81. The number of hydrogen-bond acceptors (Lipinski definition) is 2. The van der Waals surface area contributed by atoms with Crippen LogP contribution < -0.4 is 4.74 Å². The van der Waals surface area contributed by atoms with Crippen LogP contribution in [0.2, 0.25) is 0 Å². The Labute approximate surface area is 113 Å². The minimum Gasteiger partial charge on any atom is -0.497 e. The fourth-order valence-electron chi connectivity index (χ4n) is 3.10. The van der Waals surface area contributed by atoms with E-state index in [9.17, 15) is 4.79 Å². The molecule has 2 aliphatic rings. The van der Waals surface area contributed by atoms with E-state index < -0.39 is 0 Å². The smallest absolute Gasteiger partial charge is 0.253 e. The van der Waals surface area contributed by atoms with Gasteiger partial charge < -0.3 is 9.64 Å². The maximum atomic E-state index is 12.5. The third-order valence-electron chi connectivity index (χ3n) is 4.24. The number of nitrogens with zero attached hydrogens (tertiary/aromatic N) is 1. The Morgan fingerprint density at radius 3 is 2.21 bits per heavy atom. The molecule has 2 unspecified atom stereocenters. The monoisotopic (exact) mass is 257 g/mol. The topological polar surface area (TPSA) is 29.5 Å². The Morgan fingerprint density at radius 1 is 1.11 bits per heavy atom. The zero-order valence-corrected chi connectivity index (χ0v) is 11.2. The van der Waals surface area contributed by atoms with E-state index in [0.29, 0.717) is 11.8 Å². The molecule has 0 saturated carbocycles. The van der Waals surface area contributed by atoms with Gasteiger partial charge in [-0.05, 0) is 48.9 Å². The van der Waals surface area contributed by atoms with Gasteiger partial charge in [0, 0.05) is 18.7 Å². The van der Waals surface area contributed by atoms with Crippen LogP contribution in [0.1, 0.15) is 23.2 Å². The second-order valence-corrected chi connectivity index (χ2v) is 5.40. The van der Waals surface area contributed by atoms with Gasteiger partial charge in [-0.3, -0.25) is 4.79 Å². The van der Waals surface area contributed by atoms with Gasteiger partial charge in [0.25, 0.3) is 5.91 Å². The van der Waals surface area contributed by atoms with Crippen molar-refractivity contribution in [2.45, 2.75) is 12.8 Å². The molecule has 100 valence electrons. The van der Waals surface area contributed by atoms with Gasteiger partial charge in [0.1, 0.15) is 5.75 Å². The zero-order valence-electron chi connectivity index (χ0n) is 11.2. The van der Waals surface area contributed by atoms with Crippen molar-refractivity contribution in [1.82, 2.24) is 4.90 Å². The van der Waals surface area contributed by atoms with E-state index in [1.807, 2.05) is 29.2 Å². The van der Waals surface area contributed by atoms with Gasteiger partial charge in [-0.1, -0.05) is 12.2 Å². The summed E-state index contributed by atoms with van der Waals surface area (Å²) in [5, 5.41) is 0. The van der Waals surface area contributed by atoms with E-state index in [4.69, 9.17) is 4.74 Å². The molecule has 19 heavy (non-hydrogen) atoms. The van der Waals surface area contributed by atoms with Crippen LogP contribution in [0.5, 0.6) is 5.75 Å². The van der Waals surface area contributed by atoms with Crippen LogP contribution in [0.15, 0.2) is 36.4 Å². The molecule has 3 rings (SSSR count). The van der Waals surface area contributed by atoms with Gasteiger partial charge >= 0.3 is 0 Å². The number of carbonyl (C=O) groups excluding carboxylic acids is 1. The summed E-state index contributed by atoms with van der Waals surface area (Å²) in [7, 11) is 1.63. The molecule has 1 fully saturated rings. The number of carbonyl (C=O) groups is 1. The Morgan fingerprint density at radius 2 is 1.68 bits per heavy atom. The predicted octanol–water partition coefficient (Wildman–Crippen LogP) is 2.73. The molecular formula is C16H19NO2. The van der Waals surface area contributed by atoms with E-state index >= 15 is 0 Å². The summed E-state index contributed by atoms with van der Waals surface area (Å²) < 4.78 is 5.12. The summed E-state index contributed by atoms with van der Waals surface area (Å²) in [5.74, 6) is 2.26. The minimum atomic E-state index is 0.150. The van der Waals surface area contributed by atoms with E-state index in [1.54, 1.807) is 7.11 Å². The molecule has 0 spiro atoms. The fraction of sp³-hybridized carbons (Fsp3) is 0.438. The van der Waals surface area contributed by atoms with E-state index in [2.05, 4.69) is 12.2 Å². The summed E-state index contributed by atoms with van der Waals surface area (Å²) >= 11 is 0. The first-order valence-corrected chi connectivity index (χ1v) is 6.86. The number of likely N-dealkylation sites (tertiary alicyclic amines) is 1. The molecule has 1 saturated heterocycles. The lowest BCUT2D eigenvalue weighted by molar-refractivity contribution is 0.0784. The molecule has 0 bridgehead atoms. The second-order valence-electron chi connectivity index (χ2n) is 5.40. The number of rotatable bonds is 2. The SMILES string of the molecule is COc1ccc(C(=O)N2CC3CC=CCC3C2)cc1. The number of allylic oxidation sites excluding steroid dienone is 2. The molecule has 1 heterocycles. The molecule has 3 nitrogen and oxygen atoms in total. The number of amides is 1. The largest absolute Gasteiger partial charge is 0.497 e. The predicted molar refractivity (Wildman–Crippen MR) is 74.3 cm³/mol. The molecule has 1 aromatic carbocycles. The molecule has 1 aliphatic heterocycles. The first-order valence-electron chi connectivity index (χ1n) is 6.86. The molecule has 0 N–H and O–H groups in total. The number of methoxy groups -OCH3 is 1. The third-order valence-corrected chi connectivity index (χ3v) is 4.24. The van der Waals surface area contributed by atoms with Crippen molar-refractivity contribution in [3.63, 3.8) is 0 Å². The van der Waals surface area contributed by atoms with Gasteiger partial charge in [-0.15, -0.1) is 0 Å². The highest BCUT2D eigenvalue weighted by atomic mass is 16.5. The molecule has 2 atom stereocenters. The van der Waals surface area contributed by atoms with Gasteiger partial charge in [0.05, 0.1) is 7.11 Å². The molecule has 1 amide bonds. The molecule has 1 aromatic rings. The highest BCUT2D eigenvalue weighted by Crippen LogP contribution is 2.33. The molecule has 0 radical (unpaired) electrons. The molecule has 3 heteroatoms. The van der Waals surface area contributed by atoms with Crippen molar-refractivity contribution >= 4 is 5.91 Å². The lowest BCUT2D eigenvalue weighted by Gasteiger charge is -2.17. The highest BCUT2D eigenvalue weighted by molar-refractivity contribution is 5.94. The van der Waals surface area contributed by atoms with Crippen LogP contribution in [-0.2, 0) is 0 Å². The maximum absolute atomic E-state index is 12.5.